The number of benzene rings is 2. The number of hydrogen-bond acceptors (Lipinski definition) is 5. The van der Waals surface area contributed by atoms with Crippen molar-refractivity contribution in [3.63, 3.8) is 0 Å². The first kappa shape index (κ1) is 24.2. The molecule has 0 spiro atoms. The molecule has 2 aromatic rings. The maximum Gasteiger partial charge on any atom is 0.387 e. The normalized spacial score (nSPS) is 11.8. The van der Waals surface area contributed by atoms with Crippen LogP contribution in [0, 0.1) is 0 Å². The quantitative estimate of drug-likeness (QED) is 0.477. The summed E-state index contributed by atoms with van der Waals surface area (Å²) in [4.78, 5) is 25.0. The van der Waals surface area contributed by atoms with Gasteiger partial charge in [0.05, 0.1) is 10.6 Å². The largest absolute Gasteiger partial charge is 0.459 e. The summed E-state index contributed by atoms with van der Waals surface area (Å²) < 4.78 is 33.9. The fourth-order valence-corrected chi connectivity index (χ4v) is 3.38. The first-order chi connectivity index (χ1) is 14.3. The fraction of sp³-hybridized carbons (Fsp3) is 0.300. The highest BCUT2D eigenvalue weighted by Gasteiger charge is 2.23. The Morgan fingerprint density at radius 2 is 1.83 bits per heavy atom. The zero-order valence-electron chi connectivity index (χ0n) is 15.9. The number of hydrogen-bond donors (Lipinski definition) is 1. The van der Waals surface area contributed by atoms with Gasteiger partial charge in [-0.1, -0.05) is 35.3 Å². The number of esters is 1. The van der Waals surface area contributed by atoms with Gasteiger partial charge < -0.3 is 14.8 Å². The Balaban J connectivity index is 1.99. The molecule has 1 N–H and O–H groups in total. The van der Waals surface area contributed by atoms with Crippen LogP contribution in [0.25, 0.3) is 0 Å². The second-order valence-corrected chi connectivity index (χ2v) is 7.89. The SMILES string of the molecule is CSCCC(NC(=O)c1ccc(Cl)cc1Cl)C(=O)OCc1ccc(OC(F)F)cc1. The molecule has 0 aliphatic rings. The van der Waals surface area contributed by atoms with E-state index in [1.165, 1.54) is 54.2 Å². The summed E-state index contributed by atoms with van der Waals surface area (Å²) in [6, 6.07) is 9.28. The van der Waals surface area contributed by atoms with E-state index in [0.29, 0.717) is 22.8 Å². The van der Waals surface area contributed by atoms with E-state index in [9.17, 15) is 18.4 Å². The Morgan fingerprint density at radius 3 is 2.43 bits per heavy atom. The monoisotopic (exact) mass is 477 g/mol. The maximum atomic E-state index is 12.5. The van der Waals surface area contributed by atoms with E-state index >= 15 is 0 Å². The van der Waals surface area contributed by atoms with Gasteiger partial charge in [0, 0.05) is 5.02 Å². The van der Waals surface area contributed by atoms with Gasteiger partial charge in [-0.3, -0.25) is 4.79 Å². The van der Waals surface area contributed by atoms with E-state index in [1.54, 1.807) is 0 Å². The molecule has 0 saturated heterocycles. The van der Waals surface area contributed by atoms with Crippen LogP contribution in [0.2, 0.25) is 10.0 Å². The van der Waals surface area contributed by atoms with E-state index in [-0.39, 0.29) is 22.9 Å². The van der Waals surface area contributed by atoms with Crippen molar-refractivity contribution in [3.05, 3.63) is 63.6 Å². The second kappa shape index (κ2) is 12.0. The third kappa shape index (κ3) is 7.66. The van der Waals surface area contributed by atoms with E-state index in [0.717, 1.165) is 0 Å². The standard InChI is InChI=1S/C20H19Cl2F2NO4S/c1-30-9-8-17(25-18(26)15-7-4-13(21)10-16(15)22)19(27)28-11-12-2-5-14(6-3-12)29-20(23)24/h2-7,10,17,20H,8-9,11H2,1H3,(H,25,26). The Kier molecular flexibility index (Phi) is 9.68. The van der Waals surface area contributed by atoms with Crippen LogP contribution in [0.15, 0.2) is 42.5 Å². The van der Waals surface area contributed by atoms with Gasteiger partial charge in [-0.05, 0) is 54.3 Å². The molecule has 2 rings (SSSR count). The predicted molar refractivity (Wildman–Crippen MR) is 114 cm³/mol. The van der Waals surface area contributed by atoms with Crippen molar-refractivity contribution in [2.45, 2.75) is 25.7 Å². The van der Waals surface area contributed by atoms with Crippen LogP contribution in [0.3, 0.4) is 0 Å². The summed E-state index contributed by atoms with van der Waals surface area (Å²) in [6.45, 7) is -3.00. The highest BCUT2D eigenvalue weighted by molar-refractivity contribution is 7.98. The summed E-state index contributed by atoms with van der Waals surface area (Å²) >= 11 is 13.4. The molecule has 30 heavy (non-hydrogen) atoms. The first-order valence-corrected chi connectivity index (χ1v) is 10.9. The van der Waals surface area contributed by atoms with Crippen molar-refractivity contribution in [2.24, 2.45) is 0 Å². The lowest BCUT2D eigenvalue weighted by atomic mass is 10.1. The molecule has 5 nitrogen and oxygen atoms in total. The highest BCUT2D eigenvalue weighted by atomic mass is 35.5. The van der Waals surface area contributed by atoms with Crippen LogP contribution >= 0.6 is 35.0 Å². The summed E-state index contributed by atoms with van der Waals surface area (Å²) in [5.41, 5.74) is 0.776. The molecular formula is C20H19Cl2F2NO4S. The van der Waals surface area contributed by atoms with Gasteiger partial charge >= 0.3 is 12.6 Å². The van der Waals surface area contributed by atoms with Crippen LogP contribution in [-0.4, -0.2) is 36.5 Å². The Bertz CT molecular complexity index is 868. The molecule has 0 bridgehead atoms. The summed E-state index contributed by atoms with van der Waals surface area (Å²) in [6.07, 6.45) is 2.24. The summed E-state index contributed by atoms with van der Waals surface area (Å²) in [7, 11) is 0. The van der Waals surface area contributed by atoms with Gasteiger partial charge in [-0.25, -0.2) is 4.79 Å². The minimum Gasteiger partial charge on any atom is -0.459 e. The van der Waals surface area contributed by atoms with Gasteiger partial charge in [0.2, 0.25) is 0 Å². The molecule has 1 atom stereocenters. The highest BCUT2D eigenvalue weighted by Crippen LogP contribution is 2.21. The molecule has 0 radical (unpaired) electrons. The van der Waals surface area contributed by atoms with Crippen LogP contribution in [0.1, 0.15) is 22.3 Å². The third-order valence-electron chi connectivity index (χ3n) is 3.91. The zero-order chi connectivity index (χ0) is 22.1. The van der Waals surface area contributed by atoms with E-state index in [4.69, 9.17) is 27.9 Å². The fourth-order valence-electron chi connectivity index (χ4n) is 2.42. The minimum absolute atomic E-state index is 0.00466. The second-order valence-electron chi connectivity index (χ2n) is 6.06. The molecule has 162 valence electrons. The lowest BCUT2D eigenvalue weighted by Gasteiger charge is -2.18. The minimum atomic E-state index is -2.91. The molecule has 0 heterocycles. The summed E-state index contributed by atoms with van der Waals surface area (Å²) in [5.74, 6) is -0.512. The maximum absolute atomic E-state index is 12.5. The zero-order valence-corrected chi connectivity index (χ0v) is 18.2. The smallest absolute Gasteiger partial charge is 0.387 e. The number of carbonyl (C=O) groups is 2. The third-order valence-corrected chi connectivity index (χ3v) is 5.10. The van der Waals surface area contributed by atoms with Crippen molar-refractivity contribution in [1.82, 2.24) is 5.32 Å². The summed E-state index contributed by atoms with van der Waals surface area (Å²) in [5, 5.41) is 3.20. The molecule has 0 aliphatic carbocycles. The van der Waals surface area contributed by atoms with Crippen molar-refractivity contribution in [2.75, 3.05) is 12.0 Å². The van der Waals surface area contributed by atoms with Crippen LogP contribution < -0.4 is 10.1 Å². The lowest BCUT2D eigenvalue weighted by Crippen LogP contribution is -2.42. The van der Waals surface area contributed by atoms with Crippen molar-refractivity contribution >= 4 is 46.8 Å². The average molecular weight is 478 g/mol. The molecular weight excluding hydrogens is 459 g/mol. The van der Waals surface area contributed by atoms with Gasteiger partial charge in [-0.2, -0.15) is 20.5 Å². The van der Waals surface area contributed by atoms with E-state index in [1.807, 2.05) is 6.26 Å². The molecule has 1 unspecified atom stereocenters. The molecule has 0 saturated carbocycles. The van der Waals surface area contributed by atoms with E-state index < -0.39 is 24.5 Å². The van der Waals surface area contributed by atoms with Gasteiger partial charge in [0.15, 0.2) is 0 Å². The predicted octanol–water partition coefficient (Wildman–Crippen LogP) is 5.19. The topological polar surface area (TPSA) is 64.6 Å². The van der Waals surface area contributed by atoms with Crippen LogP contribution in [0.4, 0.5) is 8.78 Å². The molecule has 0 aromatic heterocycles. The van der Waals surface area contributed by atoms with Gasteiger partial charge in [0.1, 0.15) is 18.4 Å². The number of halogens is 4. The Morgan fingerprint density at radius 1 is 1.13 bits per heavy atom. The van der Waals surface area contributed by atoms with Crippen LogP contribution in [0.5, 0.6) is 5.75 Å². The molecule has 1 amide bonds. The number of alkyl halides is 2. The van der Waals surface area contributed by atoms with Crippen molar-refractivity contribution in [1.29, 1.82) is 0 Å². The van der Waals surface area contributed by atoms with Gasteiger partial charge in [-0.15, -0.1) is 0 Å². The van der Waals surface area contributed by atoms with Gasteiger partial charge in [0.25, 0.3) is 5.91 Å². The number of amides is 1. The Hall–Kier alpha value is -2.03. The van der Waals surface area contributed by atoms with Crippen molar-refractivity contribution in [3.8, 4) is 5.75 Å². The number of carbonyl (C=O) groups excluding carboxylic acids is 2. The number of thioether (sulfide) groups is 1. The molecule has 10 heteroatoms. The van der Waals surface area contributed by atoms with E-state index in [2.05, 4.69) is 10.1 Å². The lowest BCUT2D eigenvalue weighted by molar-refractivity contribution is -0.147. The Labute approximate surface area is 187 Å². The molecule has 0 aliphatic heterocycles. The number of nitrogens with one attached hydrogen (secondary N) is 1. The average Bonchev–Trinajstić information content (AvgIpc) is 2.69. The number of rotatable bonds is 10. The molecule has 2 aromatic carbocycles. The molecule has 0 fully saturated rings. The van der Waals surface area contributed by atoms with Crippen molar-refractivity contribution < 1.29 is 27.8 Å². The first-order valence-electron chi connectivity index (χ1n) is 8.75. The van der Waals surface area contributed by atoms with Crippen LogP contribution in [-0.2, 0) is 16.1 Å². The number of ether oxygens (including phenoxy) is 2.